The highest BCUT2D eigenvalue weighted by atomic mass is 31.2. The number of fused-ring (bicyclic) bond motifs is 6. The number of rotatable bonds is 4. The van der Waals surface area contributed by atoms with Crippen molar-refractivity contribution in [2.75, 3.05) is 13.3 Å². The minimum atomic E-state index is -2.96. The maximum Gasteiger partial charge on any atom is 0.387 e. The van der Waals surface area contributed by atoms with E-state index in [1.807, 2.05) is 35.9 Å². The fraction of sp³-hybridized carbons (Fsp3) is 0.269. The highest BCUT2D eigenvalue weighted by Crippen LogP contribution is 2.51. The Kier molecular flexibility index (Phi) is 4.88. The molecular weight excluding hydrogens is 511 g/mol. The van der Waals surface area contributed by atoms with E-state index in [0.29, 0.717) is 34.8 Å². The quantitative estimate of drug-likeness (QED) is 0.306. The minimum absolute atomic E-state index is 0.119. The maximum absolute atomic E-state index is 13.5. The first kappa shape index (κ1) is 23.2. The van der Waals surface area contributed by atoms with Gasteiger partial charge in [-0.25, -0.2) is 24.6 Å². The average Bonchev–Trinajstić information content (AvgIpc) is 3.52. The predicted molar refractivity (Wildman–Crippen MR) is 138 cm³/mol. The Balaban J connectivity index is 1.44. The molecule has 12 heteroatoms. The second kappa shape index (κ2) is 8.01. The van der Waals surface area contributed by atoms with Gasteiger partial charge in [0.05, 0.1) is 17.1 Å². The molecule has 38 heavy (non-hydrogen) atoms. The molecule has 3 aromatic heterocycles. The number of aromatic nitrogens is 7. The monoisotopic (exact) mass is 533 g/mol. The molecule has 7 rings (SSSR count). The summed E-state index contributed by atoms with van der Waals surface area (Å²) in [6.45, 7) is 2.12. The van der Waals surface area contributed by atoms with Crippen LogP contribution < -0.4 is 10.3 Å². The van der Waals surface area contributed by atoms with Gasteiger partial charge in [-0.05, 0) is 44.0 Å². The third kappa shape index (κ3) is 3.41. The second-order valence-electron chi connectivity index (χ2n) is 9.96. The molecule has 0 amide bonds. The van der Waals surface area contributed by atoms with E-state index in [2.05, 4.69) is 24.6 Å². The van der Waals surface area contributed by atoms with Crippen molar-refractivity contribution in [1.29, 1.82) is 0 Å². The number of ether oxygens (including phenoxy) is 1. The third-order valence-electron chi connectivity index (χ3n) is 7.11. The van der Waals surface area contributed by atoms with E-state index in [1.165, 1.54) is 0 Å². The van der Waals surface area contributed by atoms with Crippen LogP contribution in [0.1, 0.15) is 35.7 Å². The zero-order valence-corrected chi connectivity index (χ0v) is 21.6. The molecule has 2 aliphatic heterocycles. The smallest absolute Gasteiger partial charge is 0.387 e. The van der Waals surface area contributed by atoms with Gasteiger partial charge in [0.1, 0.15) is 30.6 Å². The second-order valence-corrected chi connectivity index (χ2v) is 13.1. The van der Waals surface area contributed by atoms with Gasteiger partial charge in [0.15, 0.2) is 11.4 Å². The molecule has 192 valence electrons. The zero-order chi connectivity index (χ0) is 26.3. The number of halogens is 2. The Bertz CT molecular complexity index is 1790. The van der Waals surface area contributed by atoms with Crippen LogP contribution in [0.25, 0.3) is 33.5 Å². The molecule has 5 heterocycles. The number of imidazole rings is 1. The normalized spacial score (nSPS) is 17.8. The van der Waals surface area contributed by atoms with Gasteiger partial charge in [0.2, 0.25) is 0 Å². The van der Waals surface area contributed by atoms with Crippen LogP contribution in [0, 0.1) is 6.92 Å². The highest BCUT2D eigenvalue weighted by Gasteiger charge is 2.43. The first-order chi connectivity index (χ1) is 18.2. The number of benzene rings is 2. The fourth-order valence-electron chi connectivity index (χ4n) is 5.59. The topological polar surface area (TPSA) is 101 Å². The molecular formula is C26H22F2N7O2P. The van der Waals surface area contributed by atoms with Crippen LogP contribution in [0.15, 0.2) is 48.8 Å². The number of hydrogen-bond acceptors (Lipinski definition) is 7. The molecule has 0 spiro atoms. The molecule has 0 unspecified atom stereocenters. The van der Waals surface area contributed by atoms with E-state index in [4.69, 9.17) is 9.72 Å². The summed E-state index contributed by atoms with van der Waals surface area (Å²) in [6.07, 6.45) is 3.92. The molecule has 0 fully saturated rings. The molecule has 0 aliphatic carbocycles. The largest absolute Gasteiger partial charge is 0.434 e. The van der Waals surface area contributed by atoms with Gasteiger partial charge < -0.3 is 13.9 Å². The summed E-state index contributed by atoms with van der Waals surface area (Å²) in [7, 11) is -2.57. The van der Waals surface area contributed by atoms with Gasteiger partial charge >= 0.3 is 6.61 Å². The van der Waals surface area contributed by atoms with Crippen molar-refractivity contribution in [3.05, 3.63) is 66.0 Å². The van der Waals surface area contributed by atoms with E-state index >= 15 is 0 Å². The first-order valence-electron chi connectivity index (χ1n) is 12.1. The molecule has 0 saturated carbocycles. The van der Waals surface area contributed by atoms with Crippen molar-refractivity contribution >= 4 is 23.7 Å². The highest BCUT2D eigenvalue weighted by molar-refractivity contribution is 7.69. The number of alkyl halides is 2. The van der Waals surface area contributed by atoms with Gasteiger partial charge in [-0.2, -0.15) is 13.9 Å². The Labute approximate surface area is 215 Å². The number of hydrogen-bond donors (Lipinski definition) is 0. The van der Waals surface area contributed by atoms with E-state index in [0.717, 1.165) is 28.0 Å². The average molecular weight is 533 g/mol. The van der Waals surface area contributed by atoms with Crippen molar-refractivity contribution < 1.29 is 18.1 Å². The van der Waals surface area contributed by atoms with Crippen LogP contribution in [0.2, 0.25) is 0 Å². The van der Waals surface area contributed by atoms with Crippen molar-refractivity contribution in [1.82, 2.24) is 34.3 Å². The van der Waals surface area contributed by atoms with E-state index < -0.39 is 13.8 Å². The summed E-state index contributed by atoms with van der Waals surface area (Å²) in [5, 5.41) is 4.67. The zero-order valence-electron chi connectivity index (χ0n) is 20.7. The SMILES string of the molecule is Cc1nc2n(n1)[C@H]1C[C@@H](c3c(OC(F)F)cccc3-2)n2c1nc1ccc(-c3cnc(P(C)(C)=O)nc3)cc12. The molecule has 2 aromatic carbocycles. The molecule has 2 aliphatic rings. The van der Waals surface area contributed by atoms with Gasteiger partial charge in [0.25, 0.3) is 0 Å². The summed E-state index contributed by atoms with van der Waals surface area (Å²) in [5.74, 6) is 2.11. The van der Waals surface area contributed by atoms with Gasteiger partial charge in [0, 0.05) is 35.5 Å². The van der Waals surface area contributed by atoms with Crippen LogP contribution in [-0.4, -0.2) is 54.2 Å². The molecule has 9 nitrogen and oxygen atoms in total. The van der Waals surface area contributed by atoms with Crippen LogP contribution >= 0.6 is 7.14 Å². The van der Waals surface area contributed by atoms with Crippen molar-refractivity contribution in [2.24, 2.45) is 0 Å². The van der Waals surface area contributed by atoms with Crippen LogP contribution in [0.4, 0.5) is 8.78 Å². The third-order valence-corrected chi connectivity index (χ3v) is 8.31. The lowest BCUT2D eigenvalue weighted by atomic mass is 9.97. The summed E-state index contributed by atoms with van der Waals surface area (Å²) >= 11 is 0. The van der Waals surface area contributed by atoms with Crippen molar-refractivity contribution in [3.8, 4) is 28.3 Å². The number of aryl methyl sites for hydroxylation is 1. The maximum atomic E-state index is 13.5. The lowest BCUT2D eigenvalue weighted by Gasteiger charge is -2.21. The summed E-state index contributed by atoms with van der Waals surface area (Å²) in [4.78, 5) is 18.2. The standard InChI is InChI=1S/C26H22F2N7O2P/c1-13-31-23-16-5-4-6-21(37-25(27)28)22(16)19-10-20(35(23)33-13)24-32-17-8-7-14(9-18(17)34(19)24)15-11-29-26(30-12-15)38(2,3)36/h4-9,11-12,19-20,25H,10H2,1-3H3/t19-,20-/m0/s1. The van der Waals surface area contributed by atoms with Crippen LogP contribution in [-0.2, 0) is 4.57 Å². The van der Waals surface area contributed by atoms with Crippen molar-refractivity contribution in [2.45, 2.75) is 32.0 Å². The lowest BCUT2D eigenvalue weighted by molar-refractivity contribution is -0.0506. The summed E-state index contributed by atoms with van der Waals surface area (Å²) in [5.41, 5.74) is 4.95. The van der Waals surface area contributed by atoms with E-state index in [1.54, 1.807) is 37.9 Å². The van der Waals surface area contributed by atoms with E-state index in [9.17, 15) is 13.3 Å². The predicted octanol–water partition coefficient (Wildman–Crippen LogP) is 4.81. The first-order valence-corrected chi connectivity index (χ1v) is 14.7. The van der Waals surface area contributed by atoms with E-state index in [-0.39, 0.29) is 17.8 Å². The number of nitrogens with zero attached hydrogens (tertiary/aromatic N) is 7. The summed E-state index contributed by atoms with van der Waals surface area (Å²) < 4.78 is 48.2. The van der Waals surface area contributed by atoms with Gasteiger partial charge in [-0.15, -0.1) is 0 Å². The lowest BCUT2D eigenvalue weighted by Crippen LogP contribution is -2.14. The Morgan fingerprint density at radius 1 is 1.05 bits per heavy atom. The molecule has 2 bridgehead atoms. The van der Waals surface area contributed by atoms with Gasteiger partial charge in [-0.1, -0.05) is 18.2 Å². The van der Waals surface area contributed by atoms with Gasteiger partial charge in [-0.3, -0.25) is 0 Å². The Morgan fingerprint density at radius 2 is 1.84 bits per heavy atom. The molecule has 0 radical (unpaired) electrons. The summed E-state index contributed by atoms with van der Waals surface area (Å²) in [6, 6.07) is 10.5. The molecule has 0 saturated heterocycles. The molecule has 0 N–H and O–H groups in total. The Hall–Kier alpha value is -3.98. The van der Waals surface area contributed by atoms with Crippen LogP contribution in [0.5, 0.6) is 5.75 Å². The van der Waals surface area contributed by atoms with Crippen LogP contribution in [0.3, 0.4) is 0 Å². The minimum Gasteiger partial charge on any atom is -0.434 e. The van der Waals surface area contributed by atoms with Crippen molar-refractivity contribution in [3.63, 3.8) is 0 Å². The molecule has 5 aromatic rings. The fourth-order valence-corrected chi connectivity index (χ4v) is 6.26. The Morgan fingerprint density at radius 3 is 2.58 bits per heavy atom. The molecule has 2 atom stereocenters.